The minimum Gasteiger partial charge on any atom is -0.469 e. The van der Waals surface area contributed by atoms with Gasteiger partial charge in [0.1, 0.15) is 5.76 Å². The molecule has 1 aliphatic rings. The Morgan fingerprint density at radius 2 is 2.04 bits per heavy atom. The number of nitrogens with one attached hydrogen (secondary N) is 2. The van der Waals surface area contributed by atoms with Crippen molar-refractivity contribution in [3.05, 3.63) is 53.5 Å². The zero-order valence-electron chi connectivity index (χ0n) is 13.5. The molecule has 2 aromatic rings. The van der Waals surface area contributed by atoms with Gasteiger partial charge in [-0.05, 0) is 50.1 Å². The van der Waals surface area contributed by atoms with Gasteiger partial charge in [-0.3, -0.25) is 0 Å². The van der Waals surface area contributed by atoms with Crippen LogP contribution in [0.1, 0.15) is 47.5 Å². The maximum atomic E-state index is 12.2. The van der Waals surface area contributed by atoms with E-state index in [0.717, 1.165) is 30.6 Å². The largest absolute Gasteiger partial charge is 0.469 e. The van der Waals surface area contributed by atoms with Crippen LogP contribution in [0.2, 0.25) is 0 Å². The molecule has 1 aromatic heterocycles. The van der Waals surface area contributed by atoms with Crippen LogP contribution in [-0.2, 0) is 11.2 Å². The van der Waals surface area contributed by atoms with Gasteiger partial charge in [-0.25, -0.2) is 9.59 Å². The third kappa shape index (κ3) is 3.59. The molecule has 3 rings (SSSR count). The van der Waals surface area contributed by atoms with E-state index in [-0.39, 0.29) is 18.0 Å². The minimum absolute atomic E-state index is 0.0358. The second kappa shape index (κ2) is 7.21. The molecule has 6 heteroatoms. The van der Waals surface area contributed by atoms with Crippen LogP contribution in [0.4, 0.5) is 10.5 Å². The molecule has 6 nitrogen and oxygen atoms in total. The average Bonchev–Trinajstić information content (AvgIpc) is 3.05. The van der Waals surface area contributed by atoms with Crippen LogP contribution in [0.25, 0.3) is 0 Å². The lowest BCUT2D eigenvalue weighted by atomic mass is 9.93. The number of carbonyl (C=O) groups excluding carboxylic acids is 2. The van der Waals surface area contributed by atoms with Crippen molar-refractivity contribution in [2.24, 2.45) is 0 Å². The maximum absolute atomic E-state index is 12.2. The number of anilines is 1. The molecule has 0 radical (unpaired) electrons. The molecule has 0 bridgehead atoms. The van der Waals surface area contributed by atoms with Crippen molar-refractivity contribution in [2.75, 3.05) is 11.9 Å². The van der Waals surface area contributed by atoms with Crippen molar-refractivity contribution in [3.8, 4) is 0 Å². The first kappa shape index (κ1) is 16.1. The first-order valence-corrected chi connectivity index (χ1v) is 8.08. The van der Waals surface area contributed by atoms with Crippen molar-refractivity contribution in [1.29, 1.82) is 0 Å². The molecule has 0 fully saturated rings. The van der Waals surface area contributed by atoms with Crippen molar-refractivity contribution in [2.45, 2.75) is 32.2 Å². The number of carbonyl (C=O) groups is 2. The summed E-state index contributed by atoms with van der Waals surface area (Å²) < 4.78 is 10.4. The highest BCUT2D eigenvalue weighted by molar-refractivity contribution is 5.92. The minimum atomic E-state index is -0.372. The van der Waals surface area contributed by atoms with Crippen LogP contribution in [0.5, 0.6) is 0 Å². The third-order valence-electron chi connectivity index (χ3n) is 4.01. The molecule has 1 aliphatic carbocycles. The number of furan rings is 1. The highest BCUT2D eigenvalue weighted by Gasteiger charge is 2.24. The second-order valence-corrected chi connectivity index (χ2v) is 5.64. The van der Waals surface area contributed by atoms with E-state index in [1.54, 1.807) is 37.5 Å². The van der Waals surface area contributed by atoms with E-state index in [0.29, 0.717) is 17.9 Å². The predicted octanol–water partition coefficient (Wildman–Crippen LogP) is 3.66. The van der Waals surface area contributed by atoms with Crippen LogP contribution in [-0.4, -0.2) is 18.6 Å². The van der Waals surface area contributed by atoms with Crippen molar-refractivity contribution in [1.82, 2.24) is 5.32 Å². The molecule has 0 saturated carbocycles. The number of fused-ring (bicyclic) bond motifs is 1. The Morgan fingerprint density at radius 3 is 2.79 bits per heavy atom. The summed E-state index contributed by atoms with van der Waals surface area (Å²) >= 11 is 0. The molecular weight excluding hydrogens is 308 g/mol. The smallest absolute Gasteiger partial charge is 0.338 e. The van der Waals surface area contributed by atoms with E-state index in [4.69, 9.17) is 9.15 Å². The number of urea groups is 1. The number of aryl methyl sites for hydroxylation is 1. The molecule has 2 N–H and O–H groups in total. The number of hydrogen-bond donors (Lipinski definition) is 2. The zero-order valence-corrected chi connectivity index (χ0v) is 13.5. The van der Waals surface area contributed by atoms with Crippen LogP contribution in [0.3, 0.4) is 0 Å². The Kier molecular flexibility index (Phi) is 4.84. The van der Waals surface area contributed by atoms with Crippen molar-refractivity contribution in [3.63, 3.8) is 0 Å². The molecule has 2 amide bonds. The van der Waals surface area contributed by atoms with E-state index in [9.17, 15) is 9.59 Å². The molecule has 0 saturated heterocycles. The number of rotatable bonds is 4. The number of esters is 1. The quantitative estimate of drug-likeness (QED) is 0.839. The van der Waals surface area contributed by atoms with Gasteiger partial charge in [-0.2, -0.15) is 0 Å². The monoisotopic (exact) mass is 328 g/mol. The molecule has 1 atom stereocenters. The Bertz CT molecular complexity index is 721. The summed E-state index contributed by atoms with van der Waals surface area (Å²) in [5, 5.41) is 5.74. The fraction of sp³-hybridized carbons (Fsp3) is 0.333. The number of ether oxygens (including phenoxy) is 1. The second-order valence-electron chi connectivity index (χ2n) is 5.64. The first-order valence-electron chi connectivity index (χ1n) is 8.08. The van der Waals surface area contributed by atoms with E-state index in [1.165, 1.54) is 0 Å². The third-order valence-corrected chi connectivity index (χ3v) is 4.01. The van der Waals surface area contributed by atoms with Gasteiger partial charge in [0.2, 0.25) is 0 Å². The normalized spacial score (nSPS) is 16.1. The fourth-order valence-electron chi connectivity index (χ4n) is 2.87. The fourth-order valence-corrected chi connectivity index (χ4v) is 2.87. The lowest BCUT2D eigenvalue weighted by molar-refractivity contribution is 0.0526. The molecule has 0 aliphatic heterocycles. The van der Waals surface area contributed by atoms with Crippen LogP contribution < -0.4 is 10.6 Å². The highest BCUT2D eigenvalue weighted by Crippen LogP contribution is 2.30. The van der Waals surface area contributed by atoms with Gasteiger partial charge < -0.3 is 19.8 Å². The lowest BCUT2D eigenvalue weighted by Crippen LogP contribution is -2.34. The van der Waals surface area contributed by atoms with Gasteiger partial charge in [0.25, 0.3) is 0 Å². The van der Waals surface area contributed by atoms with E-state index in [1.807, 2.05) is 6.07 Å². The van der Waals surface area contributed by atoms with Gasteiger partial charge in [0, 0.05) is 17.7 Å². The average molecular weight is 328 g/mol. The molecule has 1 heterocycles. The van der Waals surface area contributed by atoms with Crippen LogP contribution in [0.15, 0.2) is 41.0 Å². The van der Waals surface area contributed by atoms with Crippen LogP contribution in [0, 0.1) is 0 Å². The van der Waals surface area contributed by atoms with E-state index >= 15 is 0 Å². The topological polar surface area (TPSA) is 80.6 Å². The Hall–Kier alpha value is -2.76. The van der Waals surface area contributed by atoms with Crippen molar-refractivity contribution >= 4 is 17.7 Å². The highest BCUT2D eigenvalue weighted by atomic mass is 16.5. The van der Waals surface area contributed by atoms with E-state index < -0.39 is 0 Å². The first-order chi connectivity index (χ1) is 11.7. The maximum Gasteiger partial charge on any atom is 0.338 e. The Labute approximate surface area is 140 Å². The van der Waals surface area contributed by atoms with Gasteiger partial charge in [0.05, 0.1) is 24.5 Å². The summed E-state index contributed by atoms with van der Waals surface area (Å²) in [7, 11) is 0. The van der Waals surface area contributed by atoms with Crippen molar-refractivity contribution < 1.29 is 18.7 Å². The summed E-state index contributed by atoms with van der Waals surface area (Å²) in [4.78, 5) is 23.8. The molecule has 0 spiro atoms. The number of amides is 2. The number of benzene rings is 1. The summed E-state index contributed by atoms with van der Waals surface area (Å²) in [6.45, 7) is 2.09. The molecule has 126 valence electrons. The summed E-state index contributed by atoms with van der Waals surface area (Å²) in [6, 6.07) is 8.20. The predicted molar refractivity (Wildman–Crippen MR) is 88.9 cm³/mol. The lowest BCUT2D eigenvalue weighted by Gasteiger charge is -2.22. The Morgan fingerprint density at radius 1 is 1.25 bits per heavy atom. The van der Waals surface area contributed by atoms with Gasteiger partial charge in [-0.15, -0.1) is 0 Å². The number of hydrogen-bond acceptors (Lipinski definition) is 4. The summed E-state index contributed by atoms with van der Waals surface area (Å²) in [6.07, 6.45) is 4.45. The standard InChI is InChI=1S/C18H20N2O4/c1-2-23-17(21)12-6-8-13(9-7-12)19-18(22)20-15-4-3-5-16-14(15)10-11-24-16/h6-11,15H,2-5H2,1H3,(H2,19,20,22). The van der Waals surface area contributed by atoms with E-state index in [2.05, 4.69) is 10.6 Å². The molecular formula is C18H20N2O4. The van der Waals surface area contributed by atoms with Gasteiger partial charge in [0.15, 0.2) is 0 Å². The molecule has 1 unspecified atom stereocenters. The summed E-state index contributed by atoms with van der Waals surface area (Å²) in [5.41, 5.74) is 2.12. The Balaban J connectivity index is 1.59. The van der Waals surface area contributed by atoms with Gasteiger partial charge in [-0.1, -0.05) is 0 Å². The molecule has 1 aromatic carbocycles. The summed E-state index contributed by atoms with van der Waals surface area (Å²) in [5.74, 6) is 0.577. The molecule has 24 heavy (non-hydrogen) atoms. The SMILES string of the molecule is CCOC(=O)c1ccc(NC(=O)NC2CCCc3occc32)cc1. The zero-order chi connectivity index (χ0) is 16.9. The van der Waals surface area contributed by atoms with Crippen LogP contribution >= 0.6 is 0 Å². The van der Waals surface area contributed by atoms with Gasteiger partial charge >= 0.3 is 12.0 Å².